The molecule has 1 heterocycles. The van der Waals surface area contributed by atoms with Gasteiger partial charge in [-0.05, 0) is 12.8 Å². The van der Waals surface area contributed by atoms with Crippen LogP contribution in [0.1, 0.15) is 12.8 Å². The molecule has 2 N–H and O–H groups in total. The maximum atomic E-state index is 11.0. The summed E-state index contributed by atoms with van der Waals surface area (Å²) in [5.74, 6) is -0.364. The fourth-order valence-electron chi connectivity index (χ4n) is 1.37. The van der Waals surface area contributed by atoms with E-state index in [0.29, 0.717) is 6.61 Å². The molecule has 0 saturated carbocycles. The third-order valence-corrected chi connectivity index (χ3v) is 2.00. The van der Waals surface area contributed by atoms with Crippen molar-refractivity contribution in [1.29, 1.82) is 0 Å². The van der Waals surface area contributed by atoms with E-state index < -0.39 is 5.54 Å². The molecular weight excluding hydrogens is 144 g/mol. The molecule has 4 nitrogen and oxygen atoms in total. The number of primary amides is 1. The number of nitrogens with zero attached hydrogens (tertiary/aromatic N) is 1. The van der Waals surface area contributed by atoms with E-state index in [1.54, 1.807) is 7.11 Å². The van der Waals surface area contributed by atoms with Crippen molar-refractivity contribution in [2.75, 3.05) is 20.3 Å². The lowest BCUT2D eigenvalue weighted by molar-refractivity contribution is -0.126. The summed E-state index contributed by atoms with van der Waals surface area (Å²) in [4.78, 5) is 11.0. The molecule has 63 valence electrons. The average molecular weight is 157 g/mol. The Morgan fingerprint density at radius 3 is 2.91 bits per heavy atom. The van der Waals surface area contributed by atoms with Crippen LogP contribution >= 0.6 is 0 Å². The monoisotopic (exact) mass is 157 g/mol. The molecule has 0 aromatic heterocycles. The molecule has 11 heavy (non-hydrogen) atoms. The zero-order chi connectivity index (χ0) is 8.32. The predicted molar refractivity (Wildman–Crippen MR) is 40.0 cm³/mol. The van der Waals surface area contributed by atoms with Crippen molar-refractivity contribution in [2.24, 2.45) is 5.73 Å². The minimum absolute atomic E-state index is 0.322. The molecule has 1 amide bonds. The molecule has 0 unspecified atom stereocenters. The maximum Gasteiger partial charge on any atom is 0.241 e. The largest absolute Gasteiger partial charge is 0.382 e. The van der Waals surface area contributed by atoms with Crippen molar-refractivity contribution in [3.8, 4) is 0 Å². The van der Waals surface area contributed by atoms with Gasteiger partial charge in [-0.1, -0.05) is 0 Å². The molecule has 1 aliphatic rings. The highest BCUT2D eigenvalue weighted by Gasteiger charge is 2.40. The topological polar surface area (TPSA) is 66.4 Å². The lowest BCUT2D eigenvalue weighted by Gasteiger charge is -2.22. The molecule has 1 radical (unpaired) electrons. The average Bonchev–Trinajstić information content (AvgIpc) is 2.38. The lowest BCUT2D eigenvalue weighted by Crippen LogP contribution is -2.51. The molecule has 0 aliphatic carbocycles. The van der Waals surface area contributed by atoms with Crippen molar-refractivity contribution < 1.29 is 9.53 Å². The van der Waals surface area contributed by atoms with E-state index in [2.05, 4.69) is 5.32 Å². The second-order valence-corrected chi connectivity index (χ2v) is 2.81. The Kier molecular flexibility index (Phi) is 2.46. The van der Waals surface area contributed by atoms with E-state index in [4.69, 9.17) is 10.5 Å². The second-order valence-electron chi connectivity index (χ2n) is 2.81. The van der Waals surface area contributed by atoms with E-state index in [1.165, 1.54) is 0 Å². The first-order valence-electron chi connectivity index (χ1n) is 3.69. The third kappa shape index (κ3) is 1.52. The van der Waals surface area contributed by atoms with E-state index in [1.807, 2.05) is 0 Å². The van der Waals surface area contributed by atoms with Gasteiger partial charge in [0.05, 0.1) is 6.61 Å². The summed E-state index contributed by atoms with van der Waals surface area (Å²) in [6.07, 6.45) is 1.67. The zero-order valence-corrected chi connectivity index (χ0v) is 6.67. The van der Waals surface area contributed by atoms with Crippen LogP contribution in [0, 0.1) is 0 Å². The molecule has 4 heteroatoms. The first-order chi connectivity index (χ1) is 5.21. The Hall–Kier alpha value is -0.610. The standard InChI is InChI=1S/C7H13N2O2/c1-11-5-7(6(8)10)3-2-4-9-7/h2-5H2,1H3,(H2,8,10)/t7-/m1/s1. The summed E-state index contributed by atoms with van der Waals surface area (Å²) in [6, 6.07) is 0. The molecule has 1 rings (SSSR count). The Bertz CT molecular complexity index is 153. The summed E-state index contributed by atoms with van der Waals surface area (Å²) in [6.45, 7) is 1.05. The number of nitrogens with two attached hydrogens (primary N) is 1. The maximum absolute atomic E-state index is 11.0. The second kappa shape index (κ2) is 3.19. The highest BCUT2D eigenvalue weighted by molar-refractivity contribution is 5.85. The number of rotatable bonds is 3. The van der Waals surface area contributed by atoms with Crippen molar-refractivity contribution in [1.82, 2.24) is 5.32 Å². The Labute approximate surface area is 66.1 Å². The summed E-state index contributed by atoms with van der Waals surface area (Å²) in [7, 11) is 1.55. The van der Waals surface area contributed by atoms with Crippen molar-refractivity contribution >= 4 is 5.91 Å². The predicted octanol–water partition coefficient (Wildman–Crippen LogP) is -0.745. The lowest BCUT2D eigenvalue weighted by atomic mass is 9.98. The van der Waals surface area contributed by atoms with Gasteiger partial charge in [0.1, 0.15) is 5.54 Å². The van der Waals surface area contributed by atoms with Gasteiger partial charge in [0.2, 0.25) is 5.91 Å². The van der Waals surface area contributed by atoms with Crippen LogP contribution in [0.25, 0.3) is 0 Å². The molecule has 1 saturated heterocycles. The number of amides is 1. The number of methoxy groups -OCH3 is 1. The Balaban J connectivity index is 2.62. The van der Waals surface area contributed by atoms with Crippen molar-refractivity contribution in [2.45, 2.75) is 18.4 Å². The number of hydrogen-bond donors (Lipinski definition) is 1. The smallest absolute Gasteiger partial charge is 0.241 e. The molecule has 0 aromatic rings. The molecular formula is C7H13N2O2. The van der Waals surface area contributed by atoms with Crippen LogP contribution in [0.3, 0.4) is 0 Å². The molecule has 1 aliphatic heterocycles. The first kappa shape index (κ1) is 8.49. The van der Waals surface area contributed by atoms with Gasteiger partial charge in [-0.3, -0.25) is 4.79 Å². The zero-order valence-electron chi connectivity index (χ0n) is 6.67. The van der Waals surface area contributed by atoms with E-state index >= 15 is 0 Å². The minimum Gasteiger partial charge on any atom is -0.382 e. The molecule has 1 fully saturated rings. The van der Waals surface area contributed by atoms with Gasteiger partial charge in [-0.25, -0.2) is 5.32 Å². The van der Waals surface area contributed by atoms with Gasteiger partial charge in [0, 0.05) is 13.7 Å². The Morgan fingerprint density at radius 2 is 2.55 bits per heavy atom. The van der Waals surface area contributed by atoms with Crippen LogP contribution in [0.15, 0.2) is 0 Å². The van der Waals surface area contributed by atoms with Gasteiger partial charge in [0.15, 0.2) is 0 Å². The summed E-state index contributed by atoms with van der Waals surface area (Å²) in [5.41, 5.74) is 4.49. The van der Waals surface area contributed by atoms with Crippen LogP contribution in [0.4, 0.5) is 0 Å². The van der Waals surface area contributed by atoms with Gasteiger partial charge in [-0.15, -0.1) is 0 Å². The fraction of sp³-hybridized carbons (Fsp3) is 0.857. The Morgan fingerprint density at radius 1 is 1.82 bits per heavy atom. The van der Waals surface area contributed by atoms with Crippen LogP contribution in [-0.4, -0.2) is 31.7 Å². The quantitative estimate of drug-likeness (QED) is 0.586. The van der Waals surface area contributed by atoms with Crippen LogP contribution in [0.2, 0.25) is 0 Å². The van der Waals surface area contributed by atoms with Crippen LogP contribution in [-0.2, 0) is 9.53 Å². The van der Waals surface area contributed by atoms with Gasteiger partial charge >= 0.3 is 0 Å². The number of carbonyl (C=O) groups excluding carboxylic acids is 1. The number of carbonyl (C=O) groups is 1. The number of hydrogen-bond acceptors (Lipinski definition) is 2. The number of ether oxygens (including phenoxy) is 1. The van der Waals surface area contributed by atoms with Gasteiger partial charge in [0.25, 0.3) is 0 Å². The molecule has 0 bridgehead atoms. The molecule has 0 aromatic carbocycles. The molecule has 1 atom stereocenters. The van der Waals surface area contributed by atoms with Crippen molar-refractivity contribution in [3.63, 3.8) is 0 Å². The third-order valence-electron chi connectivity index (χ3n) is 2.00. The van der Waals surface area contributed by atoms with Crippen LogP contribution < -0.4 is 11.1 Å². The first-order valence-corrected chi connectivity index (χ1v) is 3.69. The van der Waals surface area contributed by atoms with E-state index in [-0.39, 0.29) is 5.91 Å². The molecule has 0 spiro atoms. The highest BCUT2D eigenvalue weighted by atomic mass is 16.5. The summed E-state index contributed by atoms with van der Waals surface area (Å²) < 4.78 is 4.90. The fourth-order valence-corrected chi connectivity index (χ4v) is 1.37. The van der Waals surface area contributed by atoms with E-state index in [0.717, 1.165) is 19.4 Å². The van der Waals surface area contributed by atoms with Gasteiger partial charge < -0.3 is 10.5 Å². The summed E-state index contributed by atoms with van der Waals surface area (Å²) in [5, 5.41) is 4.16. The van der Waals surface area contributed by atoms with Gasteiger partial charge in [-0.2, -0.15) is 0 Å². The SMILES string of the molecule is COC[C@@]1(C(N)=O)CCC[N]1. The van der Waals surface area contributed by atoms with E-state index in [9.17, 15) is 4.79 Å². The van der Waals surface area contributed by atoms with Crippen LogP contribution in [0.5, 0.6) is 0 Å². The highest BCUT2D eigenvalue weighted by Crippen LogP contribution is 2.20. The van der Waals surface area contributed by atoms with Crippen molar-refractivity contribution in [3.05, 3.63) is 0 Å². The normalized spacial score (nSPS) is 30.6. The summed E-state index contributed by atoms with van der Waals surface area (Å²) >= 11 is 0. The minimum atomic E-state index is -0.714.